The maximum Gasteiger partial charge on any atom is 0.138 e. The van der Waals surface area contributed by atoms with Crippen molar-refractivity contribution in [1.29, 1.82) is 0 Å². The summed E-state index contributed by atoms with van der Waals surface area (Å²) in [4.78, 5) is 4.89. The highest BCUT2D eigenvalue weighted by atomic mass is 16.5. The summed E-state index contributed by atoms with van der Waals surface area (Å²) in [6.07, 6.45) is 0. The average Bonchev–Trinajstić information content (AvgIpc) is 3.22. The molecule has 0 unspecified atom stereocenters. The summed E-state index contributed by atoms with van der Waals surface area (Å²) in [5.74, 6) is 1.70. The molecule has 2 aromatic carbocycles. The molecule has 0 N–H and O–H groups in total. The molecule has 25 heavy (non-hydrogen) atoms. The minimum atomic E-state index is 0.836. The lowest BCUT2D eigenvalue weighted by Gasteiger charge is -2.04. The number of imidazole rings is 1. The lowest BCUT2D eigenvalue weighted by atomic mass is 10.1. The monoisotopic (exact) mass is 328 g/mol. The van der Waals surface area contributed by atoms with Crippen LogP contribution in [0.3, 0.4) is 0 Å². The zero-order valence-corrected chi connectivity index (χ0v) is 14.0. The van der Waals surface area contributed by atoms with Gasteiger partial charge in [-0.1, -0.05) is 18.2 Å². The summed E-state index contributed by atoms with van der Waals surface area (Å²) >= 11 is 0. The zero-order chi connectivity index (χ0) is 17.0. The smallest absolute Gasteiger partial charge is 0.138 e. The number of hydrogen-bond donors (Lipinski definition) is 0. The second kappa shape index (κ2) is 5.11. The molecule has 0 saturated heterocycles. The standard InChI is InChI=1S/C21H16N2O2/c1-24-14-11-9-13(10-12-14)20-21-19-15(5-3-7-17(19)25-2)16-6-4-8-18(22-20)23(16)21/h3-12H,1-2H3. The van der Waals surface area contributed by atoms with Crippen LogP contribution in [0, 0.1) is 0 Å². The molecule has 0 aliphatic rings. The van der Waals surface area contributed by atoms with Crippen molar-refractivity contribution in [3.63, 3.8) is 0 Å². The van der Waals surface area contributed by atoms with Gasteiger partial charge in [-0.2, -0.15) is 0 Å². The molecular formula is C21H16N2O2. The lowest BCUT2D eigenvalue weighted by molar-refractivity contribution is 0.415. The molecule has 122 valence electrons. The van der Waals surface area contributed by atoms with Crippen molar-refractivity contribution in [2.24, 2.45) is 0 Å². The van der Waals surface area contributed by atoms with Crippen molar-refractivity contribution in [2.45, 2.75) is 0 Å². The first kappa shape index (κ1) is 14.1. The van der Waals surface area contributed by atoms with Crippen LogP contribution in [0.4, 0.5) is 0 Å². The van der Waals surface area contributed by atoms with E-state index < -0.39 is 0 Å². The van der Waals surface area contributed by atoms with E-state index in [2.05, 4.69) is 16.5 Å². The fourth-order valence-corrected chi connectivity index (χ4v) is 3.64. The van der Waals surface area contributed by atoms with Gasteiger partial charge in [0.15, 0.2) is 0 Å². The lowest BCUT2D eigenvalue weighted by Crippen LogP contribution is -1.85. The Hall–Kier alpha value is -3.27. The van der Waals surface area contributed by atoms with Crippen LogP contribution in [0.25, 0.3) is 38.7 Å². The van der Waals surface area contributed by atoms with E-state index in [0.717, 1.165) is 44.8 Å². The quantitative estimate of drug-likeness (QED) is 0.479. The van der Waals surface area contributed by atoms with E-state index in [1.165, 1.54) is 5.39 Å². The Bertz CT molecular complexity index is 1210. The Labute approximate surface area is 144 Å². The predicted octanol–water partition coefficient (Wildman–Crippen LogP) is 4.76. The van der Waals surface area contributed by atoms with Gasteiger partial charge in [0, 0.05) is 10.9 Å². The van der Waals surface area contributed by atoms with Crippen molar-refractivity contribution in [3.05, 3.63) is 60.7 Å². The first-order chi connectivity index (χ1) is 12.3. The van der Waals surface area contributed by atoms with Gasteiger partial charge in [-0.15, -0.1) is 0 Å². The molecule has 0 amide bonds. The first-order valence-electron chi connectivity index (χ1n) is 8.15. The van der Waals surface area contributed by atoms with Gasteiger partial charge in [0.25, 0.3) is 0 Å². The number of fused-ring (bicyclic) bond motifs is 3. The molecule has 4 heteroatoms. The molecule has 0 radical (unpaired) electrons. The van der Waals surface area contributed by atoms with Gasteiger partial charge in [0.2, 0.25) is 0 Å². The minimum absolute atomic E-state index is 0.836. The molecule has 0 saturated carbocycles. The highest BCUT2D eigenvalue weighted by molar-refractivity contribution is 6.16. The van der Waals surface area contributed by atoms with Crippen LogP contribution in [-0.4, -0.2) is 23.6 Å². The van der Waals surface area contributed by atoms with Gasteiger partial charge in [-0.25, -0.2) is 4.98 Å². The van der Waals surface area contributed by atoms with E-state index in [4.69, 9.17) is 14.5 Å². The fraction of sp³-hybridized carbons (Fsp3) is 0.0952. The number of methoxy groups -OCH3 is 2. The number of pyridine rings is 1. The molecule has 5 aromatic rings. The van der Waals surface area contributed by atoms with Gasteiger partial charge >= 0.3 is 0 Å². The van der Waals surface area contributed by atoms with E-state index >= 15 is 0 Å². The van der Waals surface area contributed by atoms with Crippen molar-refractivity contribution in [1.82, 2.24) is 9.38 Å². The number of aromatic nitrogens is 2. The van der Waals surface area contributed by atoms with Crippen LogP contribution in [-0.2, 0) is 0 Å². The molecule has 3 aromatic heterocycles. The van der Waals surface area contributed by atoms with Crippen LogP contribution in [0.15, 0.2) is 60.7 Å². The Morgan fingerprint density at radius 3 is 2.40 bits per heavy atom. The molecule has 0 bridgehead atoms. The van der Waals surface area contributed by atoms with Gasteiger partial charge < -0.3 is 9.47 Å². The van der Waals surface area contributed by atoms with E-state index in [1.807, 2.05) is 48.5 Å². The predicted molar refractivity (Wildman–Crippen MR) is 99.9 cm³/mol. The number of rotatable bonds is 3. The second-order valence-corrected chi connectivity index (χ2v) is 6.02. The van der Waals surface area contributed by atoms with Crippen molar-refractivity contribution < 1.29 is 9.47 Å². The number of hydrogen-bond acceptors (Lipinski definition) is 3. The molecule has 3 heterocycles. The third kappa shape index (κ3) is 1.85. The molecule has 0 atom stereocenters. The van der Waals surface area contributed by atoms with Gasteiger partial charge in [-0.3, -0.25) is 4.40 Å². The largest absolute Gasteiger partial charge is 0.497 e. The highest BCUT2D eigenvalue weighted by Gasteiger charge is 2.20. The van der Waals surface area contributed by atoms with Crippen LogP contribution >= 0.6 is 0 Å². The zero-order valence-electron chi connectivity index (χ0n) is 14.0. The molecule has 0 spiro atoms. The Kier molecular flexibility index (Phi) is 2.88. The molecule has 5 rings (SSSR count). The summed E-state index contributed by atoms with van der Waals surface area (Å²) in [7, 11) is 3.39. The summed E-state index contributed by atoms with van der Waals surface area (Å²) in [6.45, 7) is 0. The van der Waals surface area contributed by atoms with Crippen LogP contribution in [0.2, 0.25) is 0 Å². The van der Waals surface area contributed by atoms with Crippen LogP contribution in [0.1, 0.15) is 0 Å². The maximum absolute atomic E-state index is 5.66. The van der Waals surface area contributed by atoms with Crippen molar-refractivity contribution >= 4 is 27.5 Å². The molecule has 4 nitrogen and oxygen atoms in total. The molecule has 0 aliphatic heterocycles. The minimum Gasteiger partial charge on any atom is -0.497 e. The fourth-order valence-electron chi connectivity index (χ4n) is 3.64. The normalized spacial score (nSPS) is 11.6. The van der Waals surface area contributed by atoms with Gasteiger partial charge in [0.05, 0.1) is 36.3 Å². The summed E-state index contributed by atoms with van der Waals surface area (Å²) in [5, 5.41) is 2.28. The number of nitrogens with zero attached hydrogens (tertiary/aromatic N) is 2. The first-order valence-corrected chi connectivity index (χ1v) is 8.15. The Morgan fingerprint density at radius 1 is 0.840 bits per heavy atom. The molecular weight excluding hydrogens is 312 g/mol. The van der Waals surface area contributed by atoms with Crippen LogP contribution in [0.5, 0.6) is 11.5 Å². The van der Waals surface area contributed by atoms with Gasteiger partial charge in [-0.05, 0) is 42.5 Å². The highest BCUT2D eigenvalue weighted by Crippen LogP contribution is 2.41. The third-order valence-corrected chi connectivity index (χ3v) is 4.77. The maximum atomic E-state index is 5.66. The van der Waals surface area contributed by atoms with E-state index in [-0.39, 0.29) is 0 Å². The summed E-state index contributed by atoms with van der Waals surface area (Å²) in [6, 6.07) is 20.4. The SMILES string of the molecule is COc1ccc(-c2nc3cccc4c5cccc(OC)c5c2n34)cc1. The van der Waals surface area contributed by atoms with E-state index in [1.54, 1.807) is 14.2 Å². The van der Waals surface area contributed by atoms with Crippen molar-refractivity contribution in [3.8, 4) is 22.8 Å². The number of ether oxygens (including phenoxy) is 2. The third-order valence-electron chi connectivity index (χ3n) is 4.77. The number of benzene rings is 2. The second-order valence-electron chi connectivity index (χ2n) is 6.02. The van der Waals surface area contributed by atoms with Gasteiger partial charge in [0.1, 0.15) is 17.1 Å². The Balaban J connectivity index is 1.95. The summed E-state index contributed by atoms with van der Waals surface area (Å²) in [5.41, 5.74) is 5.19. The molecule has 0 fully saturated rings. The molecule has 0 aliphatic carbocycles. The average molecular weight is 328 g/mol. The van der Waals surface area contributed by atoms with Crippen LogP contribution < -0.4 is 9.47 Å². The Morgan fingerprint density at radius 2 is 1.64 bits per heavy atom. The van der Waals surface area contributed by atoms with Crippen molar-refractivity contribution in [2.75, 3.05) is 14.2 Å². The topological polar surface area (TPSA) is 35.8 Å². The van der Waals surface area contributed by atoms with E-state index in [0.29, 0.717) is 0 Å². The van der Waals surface area contributed by atoms with E-state index in [9.17, 15) is 0 Å². The summed E-state index contributed by atoms with van der Waals surface area (Å²) < 4.78 is 13.1.